The predicted molar refractivity (Wildman–Crippen MR) is 58.2 cm³/mol. The van der Waals surface area contributed by atoms with Crippen molar-refractivity contribution in [1.82, 2.24) is 5.16 Å². The molecule has 17 heavy (non-hydrogen) atoms. The summed E-state index contributed by atoms with van der Waals surface area (Å²) in [5, 5.41) is 21.2. The van der Waals surface area contributed by atoms with E-state index in [-0.39, 0.29) is 27.2 Å². The first-order valence-corrected chi connectivity index (χ1v) is 5.16. The molecule has 1 aromatic carbocycles. The van der Waals surface area contributed by atoms with E-state index in [0.717, 1.165) is 12.1 Å². The molecule has 0 aliphatic rings. The lowest BCUT2D eigenvalue weighted by Gasteiger charge is -2.01. The van der Waals surface area contributed by atoms with Crippen LogP contribution in [0, 0.1) is 5.82 Å². The highest BCUT2D eigenvalue weighted by molar-refractivity contribution is 9.10. The Morgan fingerprint density at radius 3 is 2.71 bits per heavy atom. The Morgan fingerprint density at radius 1 is 1.41 bits per heavy atom. The number of carboxylic acid groups (broad SMARTS) is 1. The van der Waals surface area contributed by atoms with Crippen LogP contribution in [0.15, 0.2) is 27.2 Å². The number of carboxylic acids is 1. The van der Waals surface area contributed by atoms with E-state index in [0.29, 0.717) is 0 Å². The van der Waals surface area contributed by atoms with Gasteiger partial charge in [-0.3, -0.25) is 0 Å². The molecule has 1 aromatic heterocycles. The maximum atomic E-state index is 13.5. The molecule has 2 rings (SSSR count). The van der Waals surface area contributed by atoms with Crippen molar-refractivity contribution in [3.63, 3.8) is 0 Å². The van der Waals surface area contributed by atoms with E-state index in [1.807, 2.05) is 0 Å². The van der Waals surface area contributed by atoms with Gasteiger partial charge in [0.2, 0.25) is 0 Å². The second-order valence-electron chi connectivity index (χ2n) is 3.17. The fourth-order valence-corrected chi connectivity index (χ4v) is 1.57. The summed E-state index contributed by atoms with van der Waals surface area (Å²) in [7, 11) is 0. The molecular weight excluding hydrogens is 297 g/mol. The lowest BCUT2D eigenvalue weighted by molar-refractivity contribution is 0.0686. The Balaban J connectivity index is 2.52. The maximum Gasteiger partial charge on any atom is 0.358 e. The number of aromatic carboxylic acids is 1. The number of phenolic OH excluding ortho intramolecular Hbond substituents is 1. The van der Waals surface area contributed by atoms with Crippen LogP contribution in [-0.4, -0.2) is 21.3 Å². The summed E-state index contributed by atoms with van der Waals surface area (Å²) < 4.78 is 18.5. The fourth-order valence-electron chi connectivity index (χ4n) is 1.23. The lowest BCUT2D eigenvalue weighted by Crippen LogP contribution is -1.94. The molecule has 0 spiro atoms. The van der Waals surface area contributed by atoms with Gasteiger partial charge in [-0.05, 0) is 22.0 Å². The summed E-state index contributed by atoms with van der Waals surface area (Å²) in [6.07, 6.45) is 0. The Hall–Kier alpha value is -1.89. The first-order valence-electron chi connectivity index (χ1n) is 4.37. The van der Waals surface area contributed by atoms with Crippen molar-refractivity contribution in [2.24, 2.45) is 0 Å². The molecule has 0 amide bonds. The zero-order valence-electron chi connectivity index (χ0n) is 8.15. The number of phenols is 1. The summed E-state index contributed by atoms with van der Waals surface area (Å²) in [5.41, 5.74) is -0.307. The average Bonchev–Trinajstić information content (AvgIpc) is 2.72. The van der Waals surface area contributed by atoms with Crippen molar-refractivity contribution >= 4 is 21.9 Å². The Bertz CT molecular complexity index is 596. The topological polar surface area (TPSA) is 83.6 Å². The van der Waals surface area contributed by atoms with Crippen molar-refractivity contribution < 1.29 is 23.9 Å². The van der Waals surface area contributed by atoms with Crippen LogP contribution in [0.2, 0.25) is 0 Å². The van der Waals surface area contributed by atoms with E-state index in [1.54, 1.807) is 0 Å². The molecule has 0 saturated carbocycles. The molecule has 0 atom stereocenters. The molecule has 88 valence electrons. The molecule has 0 radical (unpaired) electrons. The Morgan fingerprint density at radius 2 is 2.12 bits per heavy atom. The van der Waals surface area contributed by atoms with Gasteiger partial charge >= 0.3 is 5.97 Å². The number of aromatic nitrogens is 1. The second kappa shape index (κ2) is 4.17. The van der Waals surface area contributed by atoms with E-state index in [9.17, 15) is 14.3 Å². The van der Waals surface area contributed by atoms with Crippen molar-refractivity contribution in [3.05, 3.63) is 34.2 Å². The largest absolute Gasteiger partial charge is 0.507 e. The van der Waals surface area contributed by atoms with Gasteiger partial charge in [-0.1, -0.05) is 5.16 Å². The molecule has 0 saturated heterocycles. The van der Waals surface area contributed by atoms with E-state index in [1.165, 1.54) is 6.07 Å². The van der Waals surface area contributed by atoms with Gasteiger partial charge in [0, 0.05) is 12.1 Å². The zero-order chi connectivity index (χ0) is 12.6. The molecule has 0 aliphatic carbocycles. The number of hydrogen-bond donors (Lipinski definition) is 2. The molecule has 0 bridgehead atoms. The van der Waals surface area contributed by atoms with E-state index in [2.05, 4.69) is 21.1 Å². The highest BCUT2D eigenvalue weighted by atomic mass is 79.9. The molecular formula is C10H5BrFNO4. The number of benzene rings is 1. The third kappa shape index (κ3) is 2.14. The molecule has 5 nitrogen and oxygen atoms in total. The minimum atomic E-state index is -1.27. The van der Waals surface area contributed by atoms with Crippen molar-refractivity contribution in [2.75, 3.05) is 0 Å². The van der Waals surface area contributed by atoms with Gasteiger partial charge < -0.3 is 14.7 Å². The molecule has 1 heterocycles. The molecule has 7 heteroatoms. The van der Waals surface area contributed by atoms with Gasteiger partial charge in [0.1, 0.15) is 11.6 Å². The molecule has 0 aliphatic heterocycles. The second-order valence-corrected chi connectivity index (χ2v) is 4.02. The number of hydrogen-bond acceptors (Lipinski definition) is 4. The number of halogens is 2. The highest BCUT2D eigenvalue weighted by Crippen LogP contribution is 2.32. The van der Waals surface area contributed by atoms with Crippen LogP contribution in [0.25, 0.3) is 11.3 Å². The molecule has 0 fully saturated rings. The number of rotatable bonds is 2. The molecule has 0 unspecified atom stereocenters. The molecule has 2 aromatic rings. The summed E-state index contributed by atoms with van der Waals surface area (Å²) in [6, 6.07) is 3.27. The number of nitrogens with zero attached hydrogens (tertiary/aromatic N) is 1. The van der Waals surface area contributed by atoms with Crippen molar-refractivity contribution in [2.45, 2.75) is 0 Å². The van der Waals surface area contributed by atoms with Crippen molar-refractivity contribution in [3.8, 4) is 17.1 Å². The van der Waals surface area contributed by atoms with Crippen LogP contribution in [0.1, 0.15) is 10.5 Å². The smallest absolute Gasteiger partial charge is 0.358 e. The Labute approximate surface area is 103 Å². The zero-order valence-corrected chi connectivity index (χ0v) is 9.73. The standard InChI is InChI=1S/C10H5BrFNO4/c11-5-1-4(6(12)2-8(5)14)9-3-7(10(15)16)13-17-9/h1-3,14H,(H,15,16). The van der Waals surface area contributed by atoms with Gasteiger partial charge in [-0.2, -0.15) is 0 Å². The van der Waals surface area contributed by atoms with E-state index < -0.39 is 11.8 Å². The normalized spacial score (nSPS) is 10.5. The first kappa shape index (κ1) is 11.6. The summed E-state index contributed by atoms with van der Waals surface area (Å²) in [5.74, 6) is -2.29. The van der Waals surface area contributed by atoms with Crippen molar-refractivity contribution in [1.29, 1.82) is 0 Å². The third-order valence-electron chi connectivity index (χ3n) is 2.03. The predicted octanol–water partition coefficient (Wildman–Crippen LogP) is 2.65. The lowest BCUT2D eigenvalue weighted by atomic mass is 10.1. The SMILES string of the molecule is O=C(O)c1cc(-c2cc(Br)c(O)cc2F)on1. The van der Waals surface area contributed by atoms with Gasteiger partial charge in [-0.25, -0.2) is 9.18 Å². The van der Waals surface area contributed by atoms with Crippen LogP contribution in [0.5, 0.6) is 5.75 Å². The highest BCUT2D eigenvalue weighted by Gasteiger charge is 2.16. The van der Waals surface area contributed by atoms with Gasteiger partial charge in [0.15, 0.2) is 11.5 Å². The van der Waals surface area contributed by atoms with Gasteiger partial charge in [0.25, 0.3) is 0 Å². The van der Waals surface area contributed by atoms with Crippen LogP contribution in [-0.2, 0) is 0 Å². The van der Waals surface area contributed by atoms with E-state index in [4.69, 9.17) is 9.63 Å². The van der Waals surface area contributed by atoms with Crippen LogP contribution < -0.4 is 0 Å². The monoisotopic (exact) mass is 301 g/mol. The summed E-state index contributed by atoms with van der Waals surface area (Å²) >= 11 is 3.02. The average molecular weight is 302 g/mol. The van der Waals surface area contributed by atoms with Crippen LogP contribution >= 0.6 is 15.9 Å². The van der Waals surface area contributed by atoms with Gasteiger partial charge in [0.05, 0.1) is 10.0 Å². The van der Waals surface area contributed by atoms with Gasteiger partial charge in [-0.15, -0.1) is 0 Å². The quantitative estimate of drug-likeness (QED) is 0.891. The summed E-state index contributed by atoms with van der Waals surface area (Å²) in [6.45, 7) is 0. The fraction of sp³-hybridized carbons (Fsp3) is 0. The minimum Gasteiger partial charge on any atom is -0.507 e. The molecule has 2 N–H and O–H groups in total. The number of aromatic hydroxyl groups is 1. The third-order valence-corrected chi connectivity index (χ3v) is 2.67. The Kier molecular flexibility index (Phi) is 2.84. The number of carbonyl (C=O) groups is 1. The first-order chi connectivity index (χ1) is 7.99. The summed E-state index contributed by atoms with van der Waals surface area (Å²) in [4.78, 5) is 10.6. The van der Waals surface area contributed by atoms with E-state index >= 15 is 0 Å². The maximum absolute atomic E-state index is 13.5. The van der Waals surface area contributed by atoms with Crippen LogP contribution in [0.3, 0.4) is 0 Å². The van der Waals surface area contributed by atoms with Crippen LogP contribution in [0.4, 0.5) is 4.39 Å². The minimum absolute atomic E-state index is 0.00896.